The molecule has 2 fully saturated rings. The van der Waals surface area contributed by atoms with Crippen molar-refractivity contribution in [2.24, 2.45) is 5.92 Å². The Labute approximate surface area is 170 Å². The average molecular weight is 398 g/mol. The maximum atomic E-state index is 5.85. The number of benzene rings is 2. The van der Waals surface area contributed by atoms with Crippen LogP contribution >= 0.6 is 12.4 Å². The highest BCUT2D eigenvalue weighted by Crippen LogP contribution is 2.47. The van der Waals surface area contributed by atoms with Crippen LogP contribution in [-0.2, 0) is 12.0 Å². The highest BCUT2D eigenvalue weighted by Gasteiger charge is 2.51. The van der Waals surface area contributed by atoms with Crippen LogP contribution in [0.1, 0.15) is 30.7 Å². The lowest BCUT2D eigenvalue weighted by atomic mass is 9.80. The van der Waals surface area contributed by atoms with Gasteiger partial charge in [0.15, 0.2) is 0 Å². The first-order valence-corrected chi connectivity index (χ1v) is 9.66. The van der Waals surface area contributed by atoms with E-state index >= 15 is 0 Å². The zero-order valence-electron chi connectivity index (χ0n) is 15.6. The van der Waals surface area contributed by atoms with Gasteiger partial charge in [-0.1, -0.05) is 41.9 Å². The number of ether oxygens (including phenoxy) is 1. The molecule has 2 atom stereocenters. The van der Waals surface area contributed by atoms with Gasteiger partial charge in [0.25, 0.3) is 0 Å². The van der Waals surface area contributed by atoms with Crippen molar-refractivity contribution in [3.05, 3.63) is 66.1 Å². The van der Waals surface area contributed by atoms with Crippen molar-refractivity contribution in [2.75, 3.05) is 13.1 Å². The number of hydrogen-bond donors (Lipinski definition) is 1. The van der Waals surface area contributed by atoms with E-state index in [4.69, 9.17) is 14.2 Å². The van der Waals surface area contributed by atoms with Crippen molar-refractivity contribution >= 4 is 12.4 Å². The van der Waals surface area contributed by atoms with Crippen LogP contribution in [0.5, 0.6) is 5.75 Å². The first kappa shape index (κ1) is 19.0. The molecule has 0 spiro atoms. The molecule has 146 valence electrons. The maximum Gasteiger partial charge on any atom is 0.234 e. The zero-order valence-corrected chi connectivity index (χ0v) is 16.5. The van der Waals surface area contributed by atoms with Gasteiger partial charge in [-0.2, -0.15) is 4.98 Å². The smallest absolute Gasteiger partial charge is 0.234 e. The molecular formula is C22H24ClN3O2. The molecule has 28 heavy (non-hydrogen) atoms. The largest absolute Gasteiger partial charge is 0.489 e. The SMILES string of the molecule is Cl.c1ccc(COc2ccc(-c3noc([C@@]45CCC[C@@H]4CNC5)n3)cc2)cc1. The second-order valence-corrected chi connectivity index (χ2v) is 7.60. The minimum absolute atomic E-state index is 0. The van der Waals surface area contributed by atoms with Gasteiger partial charge in [0.05, 0.1) is 5.41 Å². The molecule has 2 aliphatic rings. The number of hydrogen-bond acceptors (Lipinski definition) is 5. The van der Waals surface area contributed by atoms with Gasteiger partial charge in [0.1, 0.15) is 12.4 Å². The fourth-order valence-corrected chi connectivity index (χ4v) is 4.49. The summed E-state index contributed by atoms with van der Waals surface area (Å²) in [5, 5.41) is 7.76. The van der Waals surface area contributed by atoms with Crippen LogP contribution < -0.4 is 10.1 Å². The molecule has 5 nitrogen and oxygen atoms in total. The Morgan fingerprint density at radius 2 is 1.93 bits per heavy atom. The number of rotatable bonds is 5. The molecule has 6 heteroatoms. The first-order chi connectivity index (χ1) is 13.3. The number of halogens is 1. The Kier molecular flexibility index (Phi) is 5.38. The summed E-state index contributed by atoms with van der Waals surface area (Å²) in [4.78, 5) is 4.76. The van der Waals surface area contributed by atoms with Crippen LogP contribution in [0.2, 0.25) is 0 Å². The van der Waals surface area contributed by atoms with E-state index in [1.807, 2.05) is 42.5 Å². The van der Waals surface area contributed by atoms with Gasteiger partial charge < -0.3 is 14.6 Å². The summed E-state index contributed by atoms with van der Waals surface area (Å²) in [5.41, 5.74) is 2.15. The molecule has 2 aromatic carbocycles. The molecule has 0 amide bonds. The third kappa shape index (κ3) is 3.40. The number of aromatic nitrogens is 2. The second-order valence-electron chi connectivity index (χ2n) is 7.60. The molecule has 1 aromatic heterocycles. The quantitative estimate of drug-likeness (QED) is 0.692. The lowest BCUT2D eigenvalue weighted by Gasteiger charge is -2.22. The molecule has 5 rings (SSSR count). The van der Waals surface area contributed by atoms with Gasteiger partial charge in [0, 0.05) is 12.1 Å². The number of nitrogens with zero attached hydrogens (tertiary/aromatic N) is 2. The van der Waals surface area contributed by atoms with Gasteiger partial charge >= 0.3 is 0 Å². The molecule has 0 bridgehead atoms. The zero-order chi connectivity index (χ0) is 18.1. The lowest BCUT2D eigenvalue weighted by molar-refractivity contribution is 0.265. The summed E-state index contributed by atoms with van der Waals surface area (Å²) in [6, 6.07) is 18.1. The Morgan fingerprint density at radius 3 is 2.75 bits per heavy atom. The topological polar surface area (TPSA) is 60.2 Å². The number of fused-ring (bicyclic) bond motifs is 1. The van der Waals surface area contributed by atoms with E-state index in [-0.39, 0.29) is 17.8 Å². The van der Waals surface area contributed by atoms with E-state index in [1.165, 1.54) is 12.8 Å². The summed E-state index contributed by atoms with van der Waals surface area (Å²) in [5.74, 6) is 2.92. The van der Waals surface area contributed by atoms with Crippen molar-refractivity contribution in [1.82, 2.24) is 15.5 Å². The molecule has 1 saturated carbocycles. The molecular weight excluding hydrogens is 374 g/mol. The maximum absolute atomic E-state index is 5.85. The van der Waals surface area contributed by atoms with Gasteiger partial charge in [-0.25, -0.2) is 0 Å². The van der Waals surface area contributed by atoms with Gasteiger partial charge in [-0.3, -0.25) is 0 Å². The van der Waals surface area contributed by atoms with Crippen molar-refractivity contribution in [3.8, 4) is 17.1 Å². The van der Waals surface area contributed by atoms with E-state index in [9.17, 15) is 0 Å². The van der Waals surface area contributed by atoms with Crippen LogP contribution in [0.4, 0.5) is 0 Å². The Hall–Kier alpha value is -2.37. The van der Waals surface area contributed by atoms with Crippen LogP contribution in [0.3, 0.4) is 0 Å². The van der Waals surface area contributed by atoms with E-state index in [1.54, 1.807) is 0 Å². The molecule has 2 heterocycles. The van der Waals surface area contributed by atoms with Crippen molar-refractivity contribution in [1.29, 1.82) is 0 Å². The Balaban J connectivity index is 0.00000192. The minimum Gasteiger partial charge on any atom is -0.489 e. The molecule has 0 unspecified atom stereocenters. The highest BCUT2D eigenvalue weighted by atomic mass is 35.5. The van der Waals surface area contributed by atoms with Crippen molar-refractivity contribution < 1.29 is 9.26 Å². The average Bonchev–Trinajstić information content (AvgIpc) is 3.43. The van der Waals surface area contributed by atoms with Gasteiger partial charge in [-0.15, -0.1) is 12.4 Å². The molecule has 0 radical (unpaired) electrons. The predicted molar refractivity (Wildman–Crippen MR) is 110 cm³/mol. The van der Waals surface area contributed by atoms with Crippen LogP contribution in [-0.4, -0.2) is 23.2 Å². The highest BCUT2D eigenvalue weighted by molar-refractivity contribution is 5.85. The predicted octanol–water partition coefficient (Wildman–Crippen LogP) is 4.38. The minimum atomic E-state index is 0. The Bertz CT molecular complexity index is 901. The van der Waals surface area contributed by atoms with E-state index in [2.05, 4.69) is 22.6 Å². The van der Waals surface area contributed by atoms with Gasteiger partial charge in [-0.05, 0) is 55.1 Å². The summed E-state index contributed by atoms with van der Waals surface area (Å²) in [7, 11) is 0. The van der Waals surface area contributed by atoms with Crippen LogP contribution in [0, 0.1) is 5.92 Å². The fourth-order valence-electron chi connectivity index (χ4n) is 4.49. The second kappa shape index (κ2) is 7.94. The normalized spacial score (nSPS) is 23.2. The lowest BCUT2D eigenvalue weighted by Crippen LogP contribution is -2.31. The monoisotopic (exact) mass is 397 g/mol. The standard InChI is InChI=1S/C22H23N3O2.ClH/c1-2-5-16(6-3-1)14-26-19-10-8-17(9-11-19)20-24-21(27-25-20)22-12-4-7-18(22)13-23-15-22;/h1-3,5-6,8-11,18,23H,4,7,12-15H2;1H/t18-,22-;/m1./s1. The van der Waals surface area contributed by atoms with Crippen LogP contribution in [0.25, 0.3) is 11.4 Å². The van der Waals surface area contributed by atoms with E-state index < -0.39 is 0 Å². The summed E-state index contributed by atoms with van der Waals surface area (Å²) < 4.78 is 11.6. The summed E-state index contributed by atoms with van der Waals surface area (Å²) >= 11 is 0. The number of nitrogens with one attached hydrogen (secondary N) is 1. The van der Waals surface area contributed by atoms with Crippen LogP contribution in [0.15, 0.2) is 59.1 Å². The molecule has 1 aliphatic carbocycles. The summed E-state index contributed by atoms with van der Waals surface area (Å²) in [6.45, 7) is 2.57. The summed E-state index contributed by atoms with van der Waals surface area (Å²) in [6.07, 6.45) is 3.63. The first-order valence-electron chi connectivity index (χ1n) is 9.66. The van der Waals surface area contributed by atoms with Crippen molar-refractivity contribution in [2.45, 2.75) is 31.3 Å². The van der Waals surface area contributed by atoms with E-state index in [0.717, 1.165) is 42.3 Å². The third-order valence-electron chi connectivity index (χ3n) is 6.00. The molecule has 1 saturated heterocycles. The molecule has 1 N–H and O–H groups in total. The molecule has 1 aliphatic heterocycles. The Morgan fingerprint density at radius 1 is 1.11 bits per heavy atom. The van der Waals surface area contributed by atoms with Gasteiger partial charge in [0.2, 0.25) is 11.7 Å². The van der Waals surface area contributed by atoms with E-state index in [0.29, 0.717) is 18.3 Å². The molecule has 3 aromatic rings. The fraction of sp³-hybridized carbons (Fsp3) is 0.364. The third-order valence-corrected chi connectivity index (χ3v) is 6.00. The van der Waals surface area contributed by atoms with Crippen molar-refractivity contribution in [3.63, 3.8) is 0 Å².